The molecule has 0 atom stereocenters. The van der Waals surface area contributed by atoms with Gasteiger partial charge in [0.25, 0.3) is 5.56 Å². The first-order valence-electron chi connectivity index (χ1n) is 8.45. The molecule has 0 saturated carbocycles. The molecule has 0 unspecified atom stereocenters. The van der Waals surface area contributed by atoms with Gasteiger partial charge in [-0.25, -0.2) is 9.97 Å². The molecule has 0 spiro atoms. The van der Waals surface area contributed by atoms with Gasteiger partial charge in [0.2, 0.25) is 11.8 Å². The summed E-state index contributed by atoms with van der Waals surface area (Å²) >= 11 is 1.36. The lowest BCUT2D eigenvalue weighted by Gasteiger charge is -2.13. The second kappa shape index (κ2) is 7.24. The fraction of sp³-hybridized carbons (Fsp3) is 0.100. The van der Waals surface area contributed by atoms with Crippen molar-refractivity contribution in [1.82, 2.24) is 14.5 Å². The van der Waals surface area contributed by atoms with Gasteiger partial charge >= 0.3 is 0 Å². The van der Waals surface area contributed by atoms with Crippen molar-refractivity contribution < 1.29 is 9.53 Å². The van der Waals surface area contributed by atoms with Crippen LogP contribution in [0.1, 0.15) is 6.92 Å². The molecular formula is C20H16N4O3S. The average Bonchev–Trinajstić information content (AvgIpc) is 3.17. The van der Waals surface area contributed by atoms with Crippen LogP contribution < -0.4 is 15.6 Å². The normalized spacial score (nSPS) is 10.8. The highest BCUT2D eigenvalue weighted by atomic mass is 32.1. The molecule has 1 N–H and O–H groups in total. The Kier molecular flexibility index (Phi) is 4.62. The fourth-order valence-corrected chi connectivity index (χ4v) is 3.64. The largest absolute Gasteiger partial charge is 0.481 e. The van der Waals surface area contributed by atoms with Crippen molar-refractivity contribution >= 4 is 33.1 Å². The number of anilines is 1. The molecule has 7 nitrogen and oxygen atoms in total. The minimum Gasteiger partial charge on any atom is -0.481 e. The van der Waals surface area contributed by atoms with Gasteiger partial charge in [0.15, 0.2) is 0 Å². The number of carbonyl (C=O) groups excluding carboxylic acids is 1. The number of thiophene rings is 1. The number of methoxy groups -OCH3 is 1. The summed E-state index contributed by atoms with van der Waals surface area (Å²) in [5, 5.41) is 4.58. The van der Waals surface area contributed by atoms with E-state index in [0.29, 0.717) is 33.3 Å². The van der Waals surface area contributed by atoms with Crippen molar-refractivity contribution in [1.29, 1.82) is 0 Å². The van der Waals surface area contributed by atoms with Gasteiger partial charge in [-0.2, -0.15) is 0 Å². The van der Waals surface area contributed by atoms with Gasteiger partial charge < -0.3 is 10.1 Å². The minimum atomic E-state index is -0.159. The lowest BCUT2D eigenvalue weighted by Crippen LogP contribution is -2.21. The highest BCUT2D eigenvalue weighted by Gasteiger charge is 2.16. The van der Waals surface area contributed by atoms with Crippen molar-refractivity contribution in [2.45, 2.75) is 6.92 Å². The smallest absolute Gasteiger partial charge is 0.276 e. The van der Waals surface area contributed by atoms with Crippen LogP contribution >= 0.6 is 11.3 Å². The van der Waals surface area contributed by atoms with Crippen molar-refractivity contribution in [2.75, 3.05) is 12.4 Å². The molecule has 0 saturated heterocycles. The lowest BCUT2D eigenvalue weighted by molar-refractivity contribution is -0.114. The summed E-state index contributed by atoms with van der Waals surface area (Å²) in [4.78, 5) is 33.3. The van der Waals surface area contributed by atoms with Gasteiger partial charge in [0.05, 0.1) is 24.5 Å². The number of hydrogen-bond acceptors (Lipinski definition) is 6. The zero-order chi connectivity index (χ0) is 19.7. The van der Waals surface area contributed by atoms with Crippen LogP contribution in [0.15, 0.2) is 58.8 Å². The molecule has 0 bridgehead atoms. The molecule has 3 aromatic heterocycles. The Labute approximate surface area is 164 Å². The van der Waals surface area contributed by atoms with E-state index in [1.54, 1.807) is 35.0 Å². The molecule has 1 amide bonds. The third-order valence-corrected chi connectivity index (χ3v) is 5.02. The molecule has 0 aliphatic heterocycles. The van der Waals surface area contributed by atoms with Crippen LogP contribution in [-0.4, -0.2) is 27.6 Å². The van der Waals surface area contributed by atoms with E-state index in [4.69, 9.17) is 9.72 Å². The second-order valence-electron chi connectivity index (χ2n) is 6.03. The first-order chi connectivity index (χ1) is 13.6. The molecule has 28 heavy (non-hydrogen) atoms. The van der Waals surface area contributed by atoms with E-state index in [0.717, 1.165) is 5.56 Å². The summed E-state index contributed by atoms with van der Waals surface area (Å²) < 4.78 is 7.22. The van der Waals surface area contributed by atoms with Crippen LogP contribution in [0.5, 0.6) is 5.88 Å². The van der Waals surface area contributed by atoms with E-state index >= 15 is 0 Å². The number of aromatic nitrogens is 3. The summed E-state index contributed by atoms with van der Waals surface area (Å²) in [7, 11) is 1.54. The number of carbonyl (C=O) groups is 1. The van der Waals surface area contributed by atoms with Gasteiger partial charge in [-0.15, -0.1) is 11.3 Å². The molecule has 1 aromatic carbocycles. The number of amides is 1. The summed E-state index contributed by atoms with van der Waals surface area (Å²) in [5.41, 5.74) is 2.50. The Balaban J connectivity index is 1.91. The SMILES string of the molecule is COc1ccc(-n2c(-c3ccc(NC(C)=O)cc3)nc3ccsc3c2=O)cn1. The van der Waals surface area contributed by atoms with E-state index in [9.17, 15) is 9.59 Å². The maximum atomic E-state index is 13.2. The van der Waals surface area contributed by atoms with Crippen LogP contribution in [0.4, 0.5) is 5.69 Å². The quantitative estimate of drug-likeness (QED) is 0.575. The Hall–Kier alpha value is -3.52. The maximum absolute atomic E-state index is 13.2. The number of ether oxygens (including phenoxy) is 1. The third-order valence-electron chi connectivity index (χ3n) is 4.13. The molecule has 140 valence electrons. The molecule has 0 fully saturated rings. The number of pyridine rings is 1. The van der Waals surface area contributed by atoms with Gasteiger partial charge in [-0.1, -0.05) is 0 Å². The molecule has 3 heterocycles. The minimum absolute atomic E-state index is 0.146. The zero-order valence-electron chi connectivity index (χ0n) is 15.2. The molecule has 4 rings (SSSR count). The Morgan fingerprint density at radius 1 is 1.14 bits per heavy atom. The predicted molar refractivity (Wildman–Crippen MR) is 109 cm³/mol. The van der Waals surface area contributed by atoms with Gasteiger partial charge in [-0.3, -0.25) is 14.2 Å². The summed E-state index contributed by atoms with van der Waals surface area (Å²) in [6.07, 6.45) is 1.58. The first kappa shape index (κ1) is 17.9. The molecule has 0 aliphatic carbocycles. The molecular weight excluding hydrogens is 376 g/mol. The summed E-state index contributed by atoms with van der Waals surface area (Å²) in [5.74, 6) is 0.812. The number of nitrogens with zero attached hydrogens (tertiary/aromatic N) is 3. The fourth-order valence-electron chi connectivity index (χ4n) is 2.88. The van der Waals surface area contributed by atoms with Gasteiger partial charge in [-0.05, 0) is 41.8 Å². The van der Waals surface area contributed by atoms with Crippen LogP contribution in [0, 0.1) is 0 Å². The first-order valence-corrected chi connectivity index (χ1v) is 9.33. The van der Waals surface area contributed by atoms with Crippen molar-refractivity contribution in [3.8, 4) is 23.0 Å². The van der Waals surface area contributed by atoms with E-state index < -0.39 is 0 Å². The lowest BCUT2D eigenvalue weighted by atomic mass is 10.1. The molecule has 0 aliphatic rings. The average molecular weight is 392 g/mol. The zero-order valence-corrected chi connectivity index (χ0v) is 16.0. The predicted octanol–water partition coefficient (Wildman–Crippen LogP) is 3.48. The Morgan fingerprint density at radius 2 is 1.93 bits per heavy atom. The summed E-state index contributed by atoms with van der Waals surface area (Å²) in [6, 6.07) is 12.5. The molecule has 4 aromatic rings. The van der Waals surface area contributed by atoms with Crippen molar-refractivity contribution in [2.24, 2.45) is 0 Å². The monoisotopic (exact) mass is 392 g/mol. The van der Waals surface area contributed by atoms with Gasteiger partial charge in [0, 0.05) is 24.2 Å². The highest BCUT2D eigenvalue weighted by Crippen LogP contribution is 2.25. The van der Waals surface area contributed by atoms with Crippen molar-refractivity contribution in [3.05, 3.63) is 64.4 Å². The number of hydrogen-bond donors (Lipinski definition) is 1. The van der Waals surface area contributed by atoms with E-state index in [2.05, 4.69) is 10.3 Å². The Bertz CT molecular complexity index is 1210. The number of benzene rings is 1. The van der Waals surface area contributed by atoms with Crippen molar-refractivity contribution in [3.63, 3.8) is 0 Å². The highest BCUT2D eigenvalue weighted by molar-refractivity contribution is 7.17. The summed E-state index contributed by atoms with van der Waals surface area (Å²) in [6.45, 7) is 1.45. The number of fused-ring (bicyclic) bond motifs is 1. The third kappa shape index (κ3) is 3.25. The van der Waals surface area contributed by atoms with E-state index in [1.807, 2.05) is 23.6 Å². The standard InChI is InChI=1S/C20H16N4O3S/c1-12(25)22-14-5-3-13(4-6-14)19-23-16-9-10-28-18(16)20(26)24(19)15-7-8-17(27-2)21-11-15/h3-11H,1-2H3,(H,22,25). The van der Waals surface area contributed by atoms with Crippen LogP contribution in [0.3, 0.4) is 0 Å². The van der Waals surface area contributed by atoms with Crippen LogP contribution in [-0.2, 0) is 4.79 Å². The molecule has 8 heteroatoms. The topological polar surface area (TPSA) is 86.1 Å². The van der Waals surface area contributed by atoms with Crippen LogP contribution in [0.25, 0.3) is 27.3 Å². The van der Waals surface area contributed by atoms with Crippen LogP contribution in [0.2, 0.25) is 0 Å². The van der Waals surface area contributed by atoms with E-state index in [1.165, 1.54) is 25.4 Å². The second-order valence-corrected chi connectivity index (χ2v) is 6.94. The van der Waals surface area contributed by atoms with Gasteiger partial charge in [0.1, 0.15) is 10.5 Å². The number of rotatable bonds is 4. The maximum Gasteiger partial charge on any atom is 0.276 e. The van der Waals surface area contributed by atoms with E-state index in [-0.39, 0.29) is 11.5 Å². The Morgan fingerprint density at radius 3 is 2.57 bits per heavy atom. The molecule has 0 radical (unpaired) electrons. The number of nitrogens with one attached hydrogen (secondary N) is 1.